The molecule has 1 aromatic rings. The summed E-state index contributed by atoms with van der Waals surface area (Å²) in [6.07, 6.45) is 0. The molecule has 1 aromatic carbocycles. The van der Waals surface area contributed by atoms with Crippen molar-refractivity contribution in [1.82, 2.24) is 0 Å². The first-order chi connectivity index (χ1) is 9.22. The molecule has 5 heteroatoms. The van der Waals surface area contributed by atoms with Gasteiger partial charge in [0.25, 0.3) is 5.91 Å². The van der Waals surface area contributed by atoms with Gasteiger partial charge in [0, 0.05) is 0 Å². The van der Waals surface area contributed by atoms with E-state index in [1.54, 1.807) is 7.11 Å². The highest BCUT2D eigenvalue weighted by molar-refractivity contribution is 5.94. The van der Waals surface area contributed by atoms with Gasteiger partial charge in [0.05, 0.1) is 26.0 Å². The molecule has 2 rings (SSSR count). The number of quaternary nitrogens is 1. The third kappa shape index (κ3) is 3.45. The van der Waals surface area contributed by atoms with Crippen molar-refractivity contribution >= 4 is 11.6 Å². The Labute approximate surface area is 113 Å². The Morgan fingerprint density at radius 2 is 2.05 bits per heavy atom. The second-order valence-electron chi connectivity index (χ2n) is 4.68. The number of hydrogen-bond acceptors (Lipinski definition) is 3. The standard InChI is InChI=1S/C14H20N2O3/c1-11(16-7-9-19-10-8-16)14(17)15-12-5-3-4-6-13(12)18-2/h3-6,11H,7-10H2,1-2H3,(H,15,17)/p+1/t11-/m0/s1. The summed E-state index contributed by atoms with van der Waals surface area (Å²) < 4.78 is 10.5. The lowest BCUT2D eigenvalue weighted by molar-refractivity contribution is -0.921. The molecule has 0 aliphatic carbocycles. The van der Waals surface area contributed by atoms with Gasteiger partial charge >= 0.3 is 0 Å². The molecule has 0 unspecified atom stereocenters. The fourth-order valence-corrected chi connectivity index (χ4v) is 2.24. The molecule has 2 N–H and O–H groups in total. The lowest BCUT2D eigenvalue weighted by Gasteiger charge is -2.28. The summed E-state index contributed by atoms with van der Waals surface area (Å²) in [6.45, 7) is 5.15. The number of carbonyl (C=O) groups excluding carboxylic acids is 1. The smallest absolute Gasteiger partial charge is 0.282 e. The number of methoxy groups -OCH3 is 1. The Kier molecular flexibility index (Phi) is 4.76. The molecule has 1 fully saturated rings. The lowest BCUT2D eigenvalue weighted by Crippen LogP contribution is -3.18. The Morgan fingerprint density at radius 1 is 1.37 bits per heavy atom. The van der Waals surface area contributed by atoms with E-state index in [0.29, 0.717) is 5.75 Å². The number of carbonyl (C=O) groups is 1. The van der Waals surface area contributed by atoms with Crippen LogP contribution >= 0.6 is 0 Å². The zero-order chi connectivity index (χ0) is 13.7. The van der Waals surface area contributed by atoms with Crippen LogP contribution in [0.5, 0.6) is 5.75 Å². The van der Waals surface area contributed by atoms with Gasteiger partial charge in [-0.3, -0.25) is 4.79 Å². The maximum atomic E-state index is 12.3. The van der Waals surface area contributed by atoms with Crippen LogP contribution in [0, 0.1) is 0 Å². The number of nitrogens with one attached hydrogen (secondary N) is 2. The van der Waals surface area contributed by atoms with Crippen molar-refractivity contribution in [2.45, 2.75) is 13.0 Å². The molecule has 104 valence electrons. The minimum Gasteiger partial charge on any atom is -0.495 e. The molecule has 0 bridgehead atoms. The molecule has 1 atom stereocenters. The van der Waals surface area contributed by atoms with Crippen molar-refractivity contribution in [2.75, 3.05) is 38.7 Å². The largest absolute Gasteiger partial charge is 0.495 e. The number of hydrogen-bond donors (Lipinski definition) is 2. The first kappa shape index (κ1) is 13.8. The number of morpholine rings is 1. The summed E-state index contributed by atoms with van der Waals surface area (Å²) in [5, 5.41) is 2.93. The van der Waals surface area contributed by atoms with E-state index < -0.39 is 0 Å². The second-order valence-corrected chi connectivity index (χ2v) is 4.68. The van der Waals surface area contributed by atoms with Gasteiger partial charge in [-0.15, -0.1) is 0 Å². The van der Waals surface area contributed by atoms with Crippen LogP contribution in [0.15, 0.2) is 24.3 Å². The maximum absolute atomic E-state index is 12.3. The number of rotatable bonds is 4. The molecule has 0 spiro atoms. The van der Waals surface area contributed by atoms with E-state index >= 15 is 0 Å². The summed E-state index contributed by atoms with van der Waals surface area (Å²) in [5.41, 5.74) is 0.717. The van der Waals surface area contributed by atoms with Crippen molar-refractivity contribution in [2.24, 2.45) is 0 Å². The lowest BCUT2D eigenvalue weighted by atomic mass is 10.2. The number of para-hydroxylation sites is 2. The van der Waals surface area contributed by atoms with Gasteiger partial charge in [-0.1, -0.05) is 12.1 Å². The molecule has 1 saturated heterocycles. The molecule has 19 heavy (non-hydrogen) atoms. The average Bonchev–Trinajstić information content (AvgIpc) is 2.48. The van der Waals surface area contributed by atoms with Crippen molar-refractivity contribution < 1.29 is 19.2 Å². The van der Waals surface area contributed by atoms with Crippen LogP contribution in [-0.4, -0.2) is 45.4 Å². The molecule has 1 amide bonds. The number of benzene rings is 1. The first-order valence-electron chi connectivity index (χ1n) is 6.58. The third-order valence-corrected chi connectivity index (χ3v) is 3.51. The Bertz CT molecular complexity index is 430. The van der Waals surface area contributed by atoms with Crippen molar-refractivity contribution in [1.29, 1.82) is 0 Å². The van der Waals surface area contributed by atoms with Crippen LogP contribution in [0.4, 0.5) is 5.69 Å². The van der Waals surface area contributed by atoms with Crippen molar-refractivity contribution in [3.8, 4) is 5.75 Å². The molecular weight excluding hydrogens is 244 g/mol. The molecule has 1 aliphatic rings. The Hall–Kier alpha value is -1.59. The predicted molar refractivity (Wildman–Crippen MR) is 72.6 cm³/mol. The number of amides is 1. The predicted octanol–water partition coefficient (Wildman–Crippen LogP) is -0.0627. The monoisotopic (exact) mass is 265 g/mol. The van der Waals surface area contributed by atoms with Gasteiger partial charge in [-0.2, -0.15) is 0 Å². The second kappa shape index (κ2) is 6.54. The highest BCUT2D eigenvalue weighted by Gasteiger charge is 2.27. The molecule has 0 radical (unpaired) electrons. The fraction of sp³-hybridized carbons (Fsp3) is 0.500. The summed E-state index contributed by atoms with van der Waals surface area (Å²) >= 11 is 0. The summed E-state index contributed by atoms with van der Waals surface area (Å²) in [7, 11) is 1.60. The van der Waals surface area contributed by atoms with Gasteiger partial charge in [-0.25, -0.2) is 0 Å². The number of ether oxygens (including phenoxy) is 2. The number of anilines is 1. The molecule has 5 nitrogen and oxygen atoms in total. The van der Waals surface area contributed by atoms with Gasteiger partial charge in [0.1, 0.15) is 18.8 Å². The van der Waals surface area contributed by atoms with E-state index in [0.717, 1.165) is 32.0 Å². The van der Waals surface area contributed by atoms with Gasteiger partial charge < -0.3 is 19.7 Å². The molecule has 0 saturated carbocycles. The van der Waals surface area contributed by atoms with Crippen LogP contribution < -0.4 is 15.0 Å². The summed E-state index contributed by atoms with van der Waals surface area (Å²) in [4.78, 5) is 13.5. The van der Waals surface area contributed by atoms with E-state index in [1.165, 1.54) is 4.90 Å². The fourth-order valence-electron chi connectivity index (χ4n) is 2.24. The zero-order valence-corrected chi connectivity index (χ0v) is 11.4. The average molecular weight is 265 g/mol. The Balaban J connectivity index is 1.99. The van der Waals surface area contributed by atoms with E-state index in [9.17, 15) is 4.79 Å². The third-order valence-electron chi connectivity index (χ3n) is 3.51. The quantitative estimate of drug-likeness (QED) is 0.802. The van der Waals surface area contributed by atoms with E-state index in [1.807, 2.05) is 31.2 Å². The van der Waals surface area contributed by atoms with Gasteiger partial charge in [-0.05, 0) is 19.1 Å². The minimum absolute atomic E-state index is 0.0152. The van der Waals surface area contributed by atoms with Crippen molar-refractivity contribution in [3.63, 3.8) is 0 Å². The van der Waals surface area contributed by atoms with E-state index in [-0.39, 0.29) is 11.9 Å². The molecule has 1 heterocycles. The summed E-state index contributed by atoms with van der Waals surface area (Å²) in [6, 6.07) is 7.35. The SMILES string of the molecule is COc1ccccc1NC(=O)[C@H](C)[NH+]1CCOCC1. The van der Waals surface area contributed by atoms with Crippen LogP contribution in [0.2, 0.25) is 0 Å². The van der Waals surface area contributed by atoms with Crippen LogP contribution in [0.1, 0.15) is 6.92 Å². The van der Waals surface area contributed by atoms with Gasteiger partial charge in [0.2, 0.25) is 0 Å². The normalized spacial score (nSPS) is 17.8. The highest BCUT2D eigenvalue weighted by atomic mass is 16.5. The van der Waals surface area contributed by atoms with Crippen molar-refractivity contribution in [3.05, 3.63) is 24.3 Å². The first-order valence-corrected chi connectivity index (χ1v) is 6.58. The summed E-state index contributed by atoms with van der Waals surface area (Å²) in [5.74, 6) is 0.696. The van der Waals surface area contributed by atoms with Gasteiger partial charge in [0.15, 0.2) is 6.04 Å². The van der Waals surface area contributed by atoms with Crippen LogP contribution in [0.3, 0.4) is 0 Å². The highest BCUT2D eigenvalue weighted by Crippen LogP contribution is 2.22. The maximum Gasteiger partial charge on any atom is 0.282 e. The minimum atomic E-state index is -0.0891. The topological polar surface area (TPSA) is 52.0 Å². The van der Waals surface area contributed by atoms with E-state index in [2.05, 4.69) is 5.32 Å². The van der Waals surface area contributed by atoms with Crippen LogP contribution in [-0.2, 0) is 9.53 Å². The molecule has 0 aromatic heterocycles. The van der Waals surface area contributed by atoms with E-state index in [4.69, 9.17) is 9.47 Å². The zero-order valence-electron chi connectivity index (χ0n) is 11.4. The molecule has 1 aliphatic heterocycles. The Morgan fingerprint density at radius 3 is 2.74 bits per heavy atom. The van der Waals surface area contributed by atoms with Crippen LogP contribution in [0.25, 0.3) is 0 Å². The molecular formula is C14H21N2O3+.